The van der Waals surface area contributed by atoms with Crippen LogP contribution in [-0.2, 0) is 0 Å². The van der Waals surface area contributed by atoms with Crippen molar-refractivity contribution in [3.05, 3.63) is 64.1 Å². The second-order valence-electron chi connectivity index (χ2n) is 5.41. The summed E-state index contributed by atoms with van der Waals surface area (Å²) in [5, 5.41) is 1.96. The van der Waals surface area contributed by atoms with Gasteiger partial charge >= 0.3 is 0 Å². The highest BCUT2D eigenvalue weighted by atomic mass is 35.5. The molecule has 1 atom stereocenters. The molecule has 6 heteroatoms. The number of hydrogen-bond acceptors (Lipinski definition) is 3. The molecule has 3 nitrogen and oxygen atoms in total. The third kappa shape index (κ3) is 3.77. The Bertz CT molecular complexity index is 760. The minimum atomic E-state index is -0.128. The van der Waals surface area contributed by atoms with Crippen molar-refractivity contribution in [1.29, 1.82) is 0 Å². The summed E-state index contributed by atoms with van der Waals surface area (Å²) in [6, 6.07) is 14.3. The number of rotatable bonds is 3. The van der Waals surface area contributed by atoms with E-state index >= 15 is 0 Å². The zero-order valence-corrected chi connectivity index (χ0v) is 15.4. The molecular weight excluding hydrogens is 363 g/mol. The van der Waals surface area contributed by atoms with Gasteiger partial charge in [-0.1, -0.05) is 41.9 Å². The van der Waals surface area contributed by atoms with Gasteiger partial charge in [0.1, 0.15) is 0 Å². The molecule has 124 valence electrons. The number of amides is 1. The van der Waals surface area contributed by atoms with Crippen LogP contribution < -0.4 is 4.90 Å². The number of carbonyl (C=O) groups excluding carboxylic acids is 1. The Hall–Kier alpha value is -1.49. The van der Waals surface area contributed by atoms with Crippen LogP contribution >= 0.6 is 35.0 Å². The van der Waals surface area contributed by atoms with Crippen molar-refractivity contribution in [2.24, 2.45) is 4.99 Å². The summed E-state index contributed by atoms with van der Waals surface area (Å²) < 4.78 is 0. The Morgan fingerprint density at radius 2 is 1.71 bits per heavy atom. The van der Waals surface area contributed by atoms with Crippen LogP contribution in [0.4, 0.5) is 5.69 Å². The summed E-state index contributed by atoms with van der Waals surface area (Å²) >= 11 is 13.5. The number of aliphatic imine (C=N–C) groups is 1. The maximum Gasteiger partial charge on any atom is 0.264 e. The summed E-state index contributed by atoms with van der Waals surface area (Å²) in [5.41, 5.74) is 1.32. The van der Waals surface area contributed by atoms with E-state index in [9.17, 15) is 4.79 Å². The van der Waals surface area contributed by atoms with Crippen LogP contribution in [0, 0.1) is 0 Å². The maximum absolute atomic E-state index is 13.1. The number of benzene rings is 2. The SMILES string of the molecule is CC[C@@H]1CSC(N(C(=O)c2ccc(Cl)cc2)c2ccc(Cl)cc2)=N1. The predicted octanol–water partition coefficient (Wildman–Crippen LogP) is 5.52. The van der Waals surface area contributed by atoms with Gasteiger partial charge in [0.2, 0.25) is 0 Å². The van der Waals surface area contributed by atoms with E-state index in [-0.39, 0.29) is 11.9 Å². The first kappa shape index (κ1) is 17.3. The Balaban J connectivity index is 2.00. The molecular formula is C18H16Cl2N2OS. The van der Waals surface area contributed by atoms with Gasteiger partial charge in [0.05, 0.1) is 11.7 Å². The fraction of sp³-hybridized carbons (Fsp3) is 0.222. The zero-order chi connectivity index (χ0) is 17.1. The van der Waals surface area contributed by atoms with Crippen molar-refractivity contribution < 1.29 is 4.79 Å². The molecule has 0 saturated carbocycles. The van der Waals surface area contributed by atoms with Gasteiger partial charge in [-0.3, -0.25) is 14.7 Å². The van der Waals surface area contributed by atoms with Crippen molar-refractivity contribution in [3.8, 4) is 0 Å². The normalized spacial score (nSPS) is 16.8. The molecule has 0 bridgehead atoms. The molecule has 0 radical (unpaired) electrons. The van der Waals surface area contributed by atoms with Crippen LogP contribution in [0.3, 0.4) is 0 Å². The third-order valence-electron chi connectivity index (χ3n) is 3.74. The van der Waals surface area contributed by atoms with Gasteiger partial charge in [-0.15, -0.1) is 0 Å². The number of amidine groups is 1. The number of thioether (sulfide) groups is 1. The van der Waals surface area contributed by atoms with E-state index in [1.165, 1.54) is 0 Å². The van der Waals surface area contributed by atoms with E-state index in [1.54, 1.807) is 53.1 Å². The molecule has 0 aliphatic carbocycles. The van der Waals surface area contributed by atoms with Gasteiger partial charge < -0.3 is 0 Å². The first-order chi connectivity index (χ1) is 11.6. The lowest BCUT2D eigenvalue weighted by Crippen LogP contribution is -2.34. The van der Waals surface area contributed by atoms with E-state index in [0.717, 1.165) is 23.0 Å². The van der Waals surface area contributed by atoms with Gasteiger partial charge in [-0.05, 0) is 55.0 Å². The maximum atomic E-state index is 13.1. The summed E-state index contributed by atoms with van der Waals surface area (Å²) in [7, 11) is 0. The van der Waals surface area contributed by atoms with Crippen LogP contribution in [-0.4, -0.2) is 22.9 Å². The Labute approximate surface area is 155 Å². The van der Waals surface area contributed by atoms with Gasteiger partial charge in [0, 0.05) is 21.4 Å². The molecule has 0 unspecified atom stereocenters. The molecule has 1 aliphatic rings. The molecule has 0 aromatic heterocycles. The van der Waals surface area contributed by atoms with E-state index in [4.69, 9.17) is 28.2 Å². The second kappa shape index (κ2) is 7.60. The van der Waals surface area contributed by atoms with Gasteiger partial charge in [0.15, 0.2) is 5.17 Å². The lowest BCUT2D eigenvalue weighted by molar-refractivity contribution is 0.100. The quantitative estimate of drug-likeness (QED) is 0.703. The third-order valence-corrected chi connectivity index (χ3v) is 5.34. The van der Waals surface area contributed by atoms with Crippen LogP contribution in [0.5, 0.6) is 0 Å². The highest BCUT2D eigenvalue weighted by molar-refractivity contribution is 8.14. The minimum Gasteiger partial charge on any atom is -0.268 e. The standard InChI is InChI=1S/C18H16Cl2N2OS/c1-2-15-11-24-18(21-15)22(16-9-7-14(20)8-10-16)17(23)12-3-5-13(19)6-4-12/h3-10,15H,2,11H2,1H3/t15-/m1/s1. The average molecular weight is 379 g/mol. The topological polar surface area (TPSA) is 32.7 Å². The molecule has 1 aliphatic heterocycles. The van der Waals surface area contributed by atoms with Crippen molar-refractivity contribution in [2.75, 3.05) is 10.7 Å². The van der Waals surface area contributed by atoms with E-state index in [1.807, 2.05) is 12.1 Å². The highest BCUT2D eigenvalue weighted by Gasteiger charge is 2.28. The first-order valence-corrected chi connectivity index (χ1v) is 9.39. The van der Waals surface area contributed by atoms with E-state index < -0.39 is 0 Å². The predicted molar refractivity (Wildman–Crippen MR) is 104 cm³/mol. The largest absolute Gasteiger partial charge is 0.268 e. The Morgan fingerprint density at radius 3 is 2.25 bits per heavy atom. The summed E-state index contributed by atoms with van der Waals surface area (Å²) in [6.45, 7) is 2.10. The number of hydrogen-bond donors (Lipinski definition) is 0. The summed E-state index contributed by atoms with van der Waals surface area (Å²) in [6.07, 6.45) is 0.958. The van der Waals surface area contributed by atoms with Crippen molar-refractivity contribution >= 4 is 51.7 Å². The molecule has 1 heterocycles. The smallest absolute Gasteiger partial charge is 0.264 e. The fourth-order valence-electron chi connectivity index (χ4n) is 2.36. The highest BCUT2D eigenvalue weighted by Crippen LogP contribution is 2.29. The van der Waals surface area contributed by atoms with E-state index in [0.29, 0.717) is 15.6 Å². The average Bonchev–Trinajstić information content (AvgIpc) is 3.06. The Morgan fingerprint density at radius 1 is 1.12 bits per heavy atom. The molecule has 0 spiro atoms. The molecule has 3 rings (SSSR count). The molecule has 24 heavy (non-hydrogen) atoms. The lowest BCUT2D eigenvalue weighted by atomic mass is 10.2. The van der Waals surface area contributed by atoms with Crippen LogP contribution in [0.1, 0.15) is 23.7 Å². The van der Waals surface area contributed by atoms with Crippen molar-refractivity contribution in [3.63, 3.8) is 0 Å². The van der Waals surface area contributed by atoms with Crippen molar-refractivity contribution in [2.45, 2.75) is 19.4 Å². The first-order valence-electron chi connectivity index (χ1n) is 7.64. The molecule has 0 fully saturated rings. The zero-order valence-electron chi connectivity index (χ0n) is 13.1. The number of halogens is 2. The van der Waals surface area contributed by atoms with Crippen molar-refractivity contribution in [1.82, 2.24) is 0 Å². The monoisotopic (exact) mass is 378 g/mol. The number of anilines is 1. The van der Waals surface area contributed by atoms with Gasteiger partial charge in [0.25, 0.3) is 5.91 Å². The summed E-state index contributed by atoms with van der Waals surface area (Å²) in [4.78, 5) is 19.4. The Kier molecular flexibility index (Phi) is 5.49. The molecule has 2 aromatic carbocycles. The minimum absolute atomic E-state index is 0.128. The number of carbonyl (C=O) groups is 1. The van der Waals surface area contributed by atoms with Crippen LogP contribution in [0.15, 0.2) is 53.5 Å². The molecule has 0 saturated heterocycles. The second-order valence-corrected chi connectivity index (χ2v) is 7.27. The van der Waals surface area contributed by atoms with Gasteiger partial charge in [-0.25, -0.2) is 0 Å². The fourth-order valence-corrected chi connectivity index (χ4v) is 3.80. The molecule has 2 aromatic rings. The molecule has 0 N–H and O–H groups in total. The summed E-state index contributed by atoms with van der Waals surface area (Å²) in [5.74, 6) is 0.765. The lowest BCUT2D eigenvalue weighted by Gasteiger charge is -2.22. The van der Waals surface area contributed by atoms with Crippen LogP contribution in [0.25, 0.3) is 0 Å². The van der Waals surface area contributed by atoms with Crippen LogP contribution in [0.2, 0.25) is 10.0 Å². The number of nitrogens with zero attached hydrogens (tertiary/aromatic N) is 2. The van der Waals surface area contributed by atoms with E-state index in [2.05, 4.69) is 6.92 Å². The molecule has 1 amide bonds. The van der Waals surface area contributed by atoms with Gasteiger partial charge in [-0.2, -0.15) is 0 Å².